The van der Waals surface area contributed by atoms with E-state index < -0.39 is 5.82 Å². The number of Topliss-reactive ketones (excluding diaryl/α,β-unsaturated/α-hetero) is 1. The lowest BCUT2D eigenvalue weighted by Crippen LogP contribution is -2.01. The van der Waals surface area contributed by atoms with Gasteiger partial charge in [0.1, 0.15) is 12.1 Å². The molecule has 0 aliphatic carbocycles. The predicted octanol–water partition coefficient (Wildman–Crippen LogP) is 2.15. The van der Waals surface area contributed by atoms with Crippen LogP contribution in [0, 0.1) is 12.7 Å². The number of benzene rings is 1. The highest BCUT2D eigenvalue weighted by Gasteiger charge is 2.11. The van der Waals surface area contributed by atoms with Gasteiger partial charge >= 0.3 is 0 Å². The van der Waals surface area contributed by atoms with Crippen molar-refractivity contribution in [2.24, 2.45) is 0 Å². The molecule has 13 heavy (non-hydrogen) atoms. The van der Waals surface area contributed by atoms with Gasteiger partial charge in [0, 0.05) is 5.56 Å². The number of carbonyl (C=O) groups excluding carboxylic acids is 2. The summed E-state index contributed by atoms with van der Waals surface area (Å²) in [6.45, 7) is 2.77. The minimum Gasteiger partial charge on any atom is -0.298 e. The second-order valence-electron chi connectivity index (χ2n) is 2.82. The molecular weight excluding hydrogens is 171 g/mol. The third-order valence-corrected chi connectivity index (χ3v) is 1.93. The van der Waals surface area contributed by atoms with E-state index in [-0.39, 0.29) is 22.5 Å². The van der Waals surface area contributed by atoms with Gasteiger partial charge in [0.2, 0.25) is 0 Å². The summed E-state index contributed by atoms with van der Waals surface area (Å²) in [4.78, 5) is 21.3. The van der Waals surface area contributed by atoms with E-state index in [1.54, 1.807) is 0 Å². The van der Waals surface area contributed by atoms with Gasteiger partial charge in [-0.05, 0) is 25.5 Å². The average Bonchev–Trinajstić information content (AvgIpc) is 2.09. The number of carbonyl (C=O) groups is 2. The van der Waals surface area contributed by atoms with E-state index in [1.807, 2.05) is 0 Å². The summed E-state index contributed by atoms with van der Waals surface area (Å²) < 4.78 is 13.3. The highest BCUT2D eigenvalue weighted by molar-refractivity contribution is 5.95. The second kappa shape index (κ2) is 3.47. The molecule has 0 saturated heterocycles. The smallest absolute Gasteiger partial charge is 0.162 e. The molecule has 0 spiro atoms. The van der Waals surface area contributed by atoms with Crippen LogP contribution in [0.3, 0.4) is 0 Å². The Morgan fingerprint density at radius 2 is 2.08 bits per heavy atom. The lowest BCUT2D eigenvalue weighted by molar-refractivity contribution is 0.101. The summed E-state index contributed by atoms with van der Waals surface area (Å²) in [6, 6.07) is 2.77. The largest absolute Gasteiger partial charge is 0.298 e. The standard InChI is InChI=1S/C10H9FO2/c1-6-8(5-12)3-4-9(7(2)13)10(6)11/h3-5H,1-2H3. The zero-order valence-electron chi connectivity index (χ0n) is 7.43. The average molecular weight is 180 g/mol. The summed E-state index contributed by atoms with van der Waals surface area (Å²) in [5.74, 6) is -0.935. The summed E-state index contributed by atoms with van der Waals surface area (Å²) in [5, 5.41) is 0. The molecule has 3 heteroatoms. The van der Waals surface area contributed by atoms with Crippen LogP contribution in [-0.2, 0) is 0 Å². The highest BCUT2D eigenvalue weighted by atomic mass is 19.1. The Kier molecular flexibility index (Phi) is 2.56. The quantitative estimate of drug-likeness (QED) is 0.516. The first-order valence-corrected chi connectivity index (χ1v) is 3.83. The van der Waals surface area contributed by atoms with E-state index in [9.17, 15) is 14.0 Å². The molecule has 1 aromatic carbocycles. The van der Waals surface area contributed by atoms with Gasteiger partial charge in [-0.25, -0.2) is 4.39 Å². The zero-order chi connectivity index (χ0) is 10.0. The van der Waals surface area contributed by atoms with Crippen LogP contribution in [0.1, 0.15) is 33.2 Å². The molecule has 0 amide bonds. The SMILES string of the molecule is CC(=O)c1ccc(C=O)c(C)c1F. The Hall–Kier alpha value is -1.51. The Labute approximate surface area is 75.4 Å². The maximum Gasteiger partial charge on any atom is 0.162 e. The van der Waals surface area contributed by atoms with Gasteiger partial charge in [-0.3, -0.25) is 9.59 Å². The van der Waals surface area contributed by atoms with Crippen molar-refractivity contribution in [3.8, 4) is 0 Å². The number of halogens is 1. The van der Waals surface area contributed by atoms with Gasteiger partial charge < -0.3 is 0 Å². The van der Waals surface area contributed by atoms with Crippen molar-refractivity contribution in [3.05, 3.63) is 34.6 Å². The molecule has 0 aliphatic heterocycles. The second-order valence-corrected chi connectivity index (χ2v) is 2.82. The molecular formula is C10H9FO2. The molecule has 1 aromatic rings. The molecule has 0 heterocycles. The van der Waals surface area contributed by atoms with Gasteiger partial charge in [0.15, 0.2) is 5.78 Å². The first-order valence-electron chi connectivity index (χ1n) is 3.83. The molecule has 2 nitrogen and oxygen atoms in total. The molecule has 0 bridgehead atoms. The Morgan fingerprint density at radius 1 is 1.46 bits per heavy atom. The number of ketones is 1. The van der Waals surface area contributed by atoms with E-state index in [2.05, 4.69) is 0 Å². The Balaban J connectivity index is 3.39. The summed E-state index contributed by atoms with van der Waals surface area (Å²) in [5.41, 5.74) is 0.535. The van der Waals surface area contributed by atoms with E-state index in [0.29, 0.717) is 6.29 Å². The summed E-state index contributed by atoms with van der Waals surface area (Å²) in [7, 11) is 0. The number of rotatable bonds is 2. The monoisotopic (exact) mass is 180 g/mol. The van der Waals surface area contributed by atoms with Crippen LogP contribution in [0.15, 0.2) is 12.1 Å². The van der Waals surface area contributed by atoms with E-state index in [1.165, 1.54) is 26.0 Å². The number of hydrogen-bond donors (Lipinski definition) is 0. The third kappa shape index (κ3) is 1.64. The van der Waals surface area contributed by atoms with Gasteiger partial charge in [0.25, 0.3) is 0 Å². The van der Waals surface area contributed by atoms with Gasteiger partial charge in [0.05, 0.1) is 5.56 Å². The van der Waals surface area contributed by atoms with Crippen molar-refractivity contribution >= 4 is 12.1 Å². The molecule has 0 aliphatic rings. The molecule has 0 radical (unpaired) electrons. The van der Waals surface area contributed by atoms with Crippen molar-refractivity contribution < 1.29 is 14.0 Å². The van der Waals surface area contributed by atoms with Crippen LogP contribution in [0.4, 0.5) is 4.39 Å². The predicted molar refractivity (Wildman–Crippen MR) is 46.5 cm³/mol. The number of hydrogen-bond acceptors (Lipinski definition) is 2. The lowest BCUT2D eigenvalue weighted by Gasteiger charge is -2.03. The van der Waals surface area contributed by atoms with Crippen LogP contribution in [0.25, 0.3) is 0 Å². The van der Waals surface area contributed by atoms with Gasteiger partial charge in [-0.1, -0.05) is 6.07 Å². The van der Waals surface area contributed by atoms with E-state index in [0.717, 1.165) is 0 Å². The van der Waals surface area contributed by atoms with Crippen molar-refractivity contribution in [2.75, 3.05) is 0 Å². The minimum atomic E-state index is -0.600. The van der Waals surface area contributed by atoms with Crippen molar-refractivity contribution in [1.29, 1.82) is 0 Å². The fourth-order valence-corrected chi connectivity index (χ4v) is 1.10. The first kappa shape index (κ1) is 9.58. The van der Waals surface area contributed by atoms with Crippen molar-refractivity contribution in [3.63, 3.8) is 0 Å². The Morgan fingerprint density at radius 3 is 2.54 bits per heavy atom. The summed E-state index contributed by atoms with van der Waals surface area (Å²) in [6.07, 6.45) is 0.572. The van der Waals surface area contributed by atoms with Crippen LogP contribution in [0.5, 0.6) is 0 Å². The van der Waals surface area contributed by atoms with Gasteiger partial charge in [-0.15, -0.1) is 0 Å². The first-order chi connectivity index (χ1) is 6.07. The molecule has 68 valence electrons. The van der Waals surface area contributed by atoms with Crippen LogP contribution >= 0.6 is 0 Å². The lowest BCUT2D eigenvalue weighted by atomic mass is 10.0. The van der Waals surface area contributed by atoms with Crippen molar-refractivity contribution in [1.82, 2.24) is 0 Å². The third-order valence-electron chi connectivity index (χ3n) is 1.93. The molecule has 0 N–H and O–H groups in total. The number of aldehydes is 1. The molecule has 1 rings (SSSR count). The molecule has 0 aromatic heterocycles. The normalized spacial score (nSPS) is 9.77. The van der Waals surface area contributed by atoms with Gasteiger partial charge in [-0.2, -0.15) is 0 Å². The van der Waals surface area contributed by atoms with Crippen LogP contribution < -0.4 is 0 Å². The van der Waals surface area contributed by atoms with Crippen LogP contribution in [0.2, 0.25) is 0 Å². The fraction of sp³-hybridized carbons (Fsp3) is 0.200. The maximum absolute atomic E-state index is 13.3. The molecule has 0 unspecified atom stereocenters. The zero-order valence-corrected chi connectivity index (χ0v) is 7.43. The topological polar surface area (TPSA) is 34.1 Å². The molecule has 0 fully saturated rings. The fourth-order valence-electron chi connectivity index (χ4n) is 1.10. The Bertz CT molecular complexity index is 369. The molecule has 0 atom stereocenters. The van der Waals surface area contributed by atoms with Crippen molar-refractivity contribution in [2.45, 2.75) is 13.8 Å². The van der Waals surface area contributed by atoms with Crippen LogP contribution in [-0.4, -0.2) is 12.1 Å². The van der Waals surface area contributed by atoms with E-state index >= 15 is 0 Å². The summed E-state index contributed by atoms with van der Waals surface area (Å²) >= 11 is 0. The maximum atomic E-state index is 13.3. The highest BCUT2D eigenvalue weighted by Crippen LogP contribution is 2.15. The minimum absolute atomic E-state index is 0.0306. The molecule has 0 saturated carbocycles. The van der Waals surface area contributed by atoms with E-state index in [4.69, 9.17) is 0 Å².